The van der Waals surface area contributed by atoms with Crippen molar-refractivity contribution in [3.63, 3.8) is 0 Å². The summed E-state index contributed by atoms with van der Waals surface area (Å²) in [4.78, 5) is 16.8. The van der Waals surface area contributed by atoms with Crippen LogP contribution in [0.25, 0.3) is 11.0 Å². The topological polar surface area (TPSA) is 55.1 Å². The van der Waals surface area contributed by atoms with Crippen molar-refractivity contribution < 1.29 is 9.90 Å². The first-order valence-corrected chi connectivity index (χ1v) is 7.48. The molecule has 2 aromatic carbocycles. The van der Waals surface area contributed by atoms with E-state index in [1.807, 2.05) is 41.9 Å². The number of fused-ring (bicyclic) bond motifs is 1. The number of phenols is 1. The first-order chi connectivity index (χ1) is 10.2. The number of rotatable bonds is 4. The van der Waals surface area contributed by atoms with E-state index >= 15 is 0 Å². The lowest BCUT2D eigenvalue weighted by Crippen LogP contribution is -1.95. The minimum Gasteiger partial charge on any atom is -0.507 e. The highest BCUT2D eigenvalue weighted by atomic mass is 32.2. The van der Waals surface area contributed by atoms with Crippen molar-refractivity contribution in [3.8, 4) is 5.75 Å². The van der Waals surface area contributed by atoms with Crippen LogP contribution < -0.4 is 0 Å². The van der Waals surface area contributed by atoms with E-state index in [2.05, 4.69) is 4.98 Å². The Kier molecular flexibility index (Phi) is 3.66. The third kappa shape index (κ3) is 2.52. The van der Waals surface area contributed by atoms with Gasteiger partial charge in [-0.05, 0) is 12.1 Å². The van der Waals surface area contributed by atoms with Crippen LogP contribution in [0, 0.1) is 0 Å². The molecule has 0 spiro atoms. The monoisotopic (exact) mass is 298 g/mol. The van der Waals surface area contributed by atoms with Crippen LogP contribution in [0.5, 0.6) is 5.75 Å². The van der Waals surface area contributed by atoms with Crippen molar-refractivity contribution in [2.24, 2.45) is 7.05 Å². The average Bonchev–Trinajstić information content (AvgIpc) is 2.87. The van der Waals surface area contributed by atoms with Crippen LogP contribution in [0.15, 0.2) is 47.6 Å². The number of aromatic hydroxyl groups is 1. The maximum absolute atomic E-state index is 11.3. The van der Waals surface area contributed by atoms with Crippen LogP contribution >= 0.6 is 11.8 Å². The summed E-state index contributed by atoms with van der Waals surface area (Å²) in [6, 6.07) is 11.5. The van der Waals surface area contributed by atoms with Crippen LogP contribution in [0.1, 0.15) is 15.9 Å². The number of nitrogens with zero attached hydrogens (tertiary/aromatic N) is 2. The van der Waals surface area contributed by atoms with Crippen molar-refractivity contribution >= 4 is 29.1 Å². The van der Waals surface area contributed by atoms with Gasteiger partial charge in [0, 0.05) is 29.3 Å². The van der Waals surface area contributed by atoms with Gasteiger partial charge in [0.25, 0.3) is 0 Å². The van der Waals surface area contributed by atoms with Crippen molar-refractivity contribution in [3.05, 3.63) is 53.9 Å². The number of phenolic OH excluding ortho intramolecular Hbond substituents is 1. The standard InChI is InChI=1S/C16H14N2O2S/c1-18-10-17-16-13(9-21-11-5-3-2-4-6-11)12(8-19)15(20)7-14(16)18/h2-8,10,20H,9H2,1H3. The minimum absolute atomic E-state index is 0.00441. The maximum Gasteiger partial charge on any atom is 0.154 e. The van der Waals surface area contributed by atoms with E-state index in [0.717, 1.165) is 21.5 Å². The van der Waals surface area contributed by atoms with Gasteiger partial charge in [-0.3, -0.25) is 4.79 Å². The predicted molar refractivity (Wildman–Crippen MR) is 83.8 cm³/mol. The summed E-state index contributed by atoms with van der Waals surface area (Å²) in [5.41, 5.74) is 2.68. The summed E-state index contributed by atoms with van der Waals surface area (Å²) in [5.74, 6) is 0.588. The molecule has 3 rings (SSSR count). The summed E-state index contributed by atoms with van der Waals surface area (Å²) < 4.78 is 1.83. The van der Waals surface area contributed by atoms with Crippen LogP contribution in [0.2, 0.25) is 0 Å². The van der Waals surface area contributed by atoms with Gasteiger partial charge in [-0.1, -0.05) is 18.2 Å². The highest BCUT2D eigenvalue weighted by Crippen LogP contribution is 2.33. The number of aryl methyl sites for hydroxylation is 1. The molecule has 0 amide bonds. The number of hydrogen-bond acceptors (Lipinski definition) is 4. The molecule has 0 aliphatic carbocycles. The molecule has 4 nitrogen and oxygen atoms in total. The first-order valence-electron chi connectivity index (χ1n) is 6.49. The third-order valence-corrected chi connectivity index (χ3v) is 4.43. The van der Waals surface area contributed by atoms with Gasteiger partial charge in [0.2, 0.25) is 0 Å². The molecule has 0 atom stereocenters. The molecule has 0 saturated carbocycles. The Balaban J connectivity index is 2.05. The van der Waals surface area contributed by atoms with Gasteiger partial charge in [0.1, 0.15) is 5.75 Å². The summed E-state index contributed by atoms with van der Waals surface area (Å²) in [7, 11) is 1.86. The molecule has 0 radical (unpaired) electrons. The van der Waals surface area contributed by atoms with Crippen LogP contribution in [0.4, 0.5) is 0 Å². The summed E-state index contributed by atoms with van der Waals surface area (Å²) >= 11 is 1.62. The minimum atomic E-state index is 0.00441. The molecule has 0 fully saturated rings. The lowest BCUT2D eigenvalue weighted by Gasteiger charge is -2.09. The fraction of sp³-hybridized carbons (Fsp3) is 0.125. The molecule has 3 aromatic rings. The molecule has 5 heteroatoms. The lowest BCUT2D eigenvalue weighted by atomic mass is 10.1. The van der Waals surface area contributed by atoms with Crippen LogP contribution in [0.3, 0.4) is 0 Å². The van der Waals surface area contributed by atoms with Crippen molar-refractivity contribution in [2.75, 3.05) is 0 Å². The predicted octanol–water partition coefficient (Wildman–Crippen LogP) is 3.38. The quantitative estimate of drug-likeness (QED) is 0.592. The molecule has 1 N–H and O–H groups in total. The smallest absolute Gasteiger partial charge is 0.154 e. The second kappa shape index (κ2) is 5.61. The zero-order chi connectivity index (χ0) is 14.8. The number of carbonyl (C=O) groups excluding carboxylic acids is 1. The summed E-state index contributed by atoms with van der Waals surface area (Å²) in [6.45, 7) is 0. The first kappa shape index (κ1) is 13.7. The number of benzene rings is 2. The molecule has 0 aliphatic rings. The van der Waals surface area contributed by atoms with Gasteiger partial charge in [-0.25, -0.2) is 4.98 Å². The average molecular weight is 298 g/mol. The summed E-state index contributed by atoms with van der Waals surface area (Å²) in [6.07, 6.45) is 2.39. The van der Waals surface area contributed by atoms with Crippen molar-refractivity contribution in [1.29, 1.82) is 0 Å². The molecule has 1 heterocycles. The second-order valence-corrected chi connectivity index (χ2v) is 5.78. The van der Waals surface area contributed by atoms with E-state index in [0.29, 0.717) is 17.6 Å². The second-order valence-electron chi connectivity index (χ2n) is 4.73. The number of imidazole rings is 1. The zero-order valence-corrected chi connectivity index (χ0v) is 12.3. The molecule has 0 unspecified atom stereocenters. The van der Waals surface area contributed by atoms with Crippen molar-refractivity contribution in [1.82, 2.24) is 9.55 Å². The maximum atomic E-state index is 11.3. The number of aromatic nitrogens is 2. The Labute approximate surface area is 126 Å². The van der Waals surface area contributed by atoms with Gasteiger partial charge in [0.15, 0.2) is 6.29 Å². The van der Waals surface area contributed by atoms with Gasteiger partial charge in [-0.15, -0.1) is 11.8 Å². The van der Waals surface area contributed by atoms with E-state index in [1.165, 1.54) is 0 Å². The largest absolute Gasteiger partial charge is 0.507 e. The van der Waals surface area contributed by atoms with E-state index in [9.17, 15) is 9.90 Å². The lowest BCUT2D eigenvalue weighted by molar-refractivity contribution is 0.112. The highest BCUT2D eigenvalue weighted by Gasteiger charge is 2.16. The Morgan fingerprint density at radius 3 is 2.81 bits per heavy atom. The number of hydrogen-bond donors (Lipinski definition) is 1. The molecule has 0 bridgehead atoms. The number of thioether (sulfide) groups is 1. The van der Waals surface area contributed by atoms with Crippen LogP contribution in [-0.2, 0) is 12.8 Å². The van der Waals surface area contributed by atoms with Gasteiger partial charge < -0.3 is 9.67 Å². The van der Waals surface area contributed by atoms with E-state index < -0.39 is 0 Å². The fourth-order valence-corrected chi connectivity index (χ4v) is 3.23. The Bertz CT molecular complexity index is 797. The Morgan fingerprint density at radius 2 is 2.10 bits per heavy atom. The Hall–Kier alpha value is -2.27. The van der Waals surface area contributed by atoms with E-state index in [4.69, 9.17) is 0 Å². The SMILES string of the molecule is Cn1cnc2c(CSc3ccccc3)c(C=O)c(O)cc21. The third-order valence-electron chi connectivity index (χ3n) is 3.39. The van der Waals surface area contributed by atoms with E-state index in [1.54, 1.807) is 24.2 Å². The molecule has 21 heavy (non-hydrogen) atoms. The number of aldehydes is 1. The van der Waals surface area contributed by atoms with Crippen LogP contribution in [-0.4, -0.2) is 20.9 Å². The molecule has 0 aliphatic heterocycles. The van der Waals surface area contributed by atoms with Gasteiger partial charge in [0.05, 0.1) is 22.9 Å². The normalized spacial score (nSPS) is 10.9. The molecule has 0 saturated heterocycles. The molecular formula is C16H14N2O2S. The van der Waals surface area contributed by atoms with E-state index in [-0.39, 0.29) is 5.75 Å². The van der Waals surface area contributed by atoms with Gasteiger partial charge >= 0.3 is 0 Å². The fourth-order valence-electron chi connectivity index (χ4n) is 2.28. The van der Waals surface area contributed by atoms with Gasteiger partial charge in [-0.2, -0.15) is 0 Å². The zero-order valence-electron chi connectivity index (χ0n) is 11.5. The summed E-state index contributed by atoms with van der Waals surface area (Å²) in [5, 5.41) is 10.0. The molecular weight excluding hydrogens is 284 g/mol. The number of carbonyl (C=O) groups is 1. The molecule has 1 aromatic heterocycles. The van der Waals surface area contributed by atoms with Crippen molar-refractivity contribution in [2.45, 2.75) is 10.6 Å². The Morgan fingerprint density at radius 1 is 1.33 bits per heavy atom. The molecule has 106 valence electrons. The highest BCUT2D eigenvalue weighted by molar-refractivity contribution is 7.98.